The maximum atomic E-state index is 12.6. The molecule has 148 valence electrons. The lowest BCUT2D eigenvalue weighted by atomic mass is 10.1. The van der Waals surface area contributed by atoms with Crippen molar-refractivity contribution in [2.24, 2.45) is 5.14 Å². The molecule has 0 aromatic heterocycles. The summed E-state index contributed by atoms with van der Waals surface area (Å²) in [7, 11) is -3.71. The number of nitrogens with zero attached hydrogens (tertiary/aromatic N) is 1. The van der Waals surface area contributed by atoms with E-state index >= 15 is 0 Å². The van der Waals surface area contributed by atoms with Gasteiger partial charge in [0.05, 0.1) is 10.8 Å². The Morgan fingerprint density at radius 2 is 1.79 bits per heavy atom. The fourth-order valence-electron chi connectivity index (χ4n) is 2.90. The number of thioether (sulfide) groups is 1. The number of carbonyl (C=O) groups is 2. The highest BCUT2D eigenvalue weighted by Gasteiger charge is 2.34. The lowest BCUT2D eigenvalue weighted by molar-refractivity contribution is -0.124. The van der Waals surface area contributed by atoms with Crippen LogP contribution in [-0.2, 0) is 21.2 Å². The van der Waals surface area contributed by atoms with E-state index in [-0.39, 0.29) is 16.7 Å². The second kappa shape index (κ2) is 8.76. The van der Waals surface area contributed by atoms with Crippen molar-refractivity contribution >= 4 is 33.6 Å². The number of nitrogens with two attached hydrogens (primary N) is 1. The molecule has 9 heteroatoms. The van der Waals surface area contributed by atoms with E-state index < -0.39 is 16.1 Å². The number of sulfonamides is 1. The van der Waals surface area contributed by atoms with E-state index in [1.807, 2.05) is 6.07 Å². The molecular formula is C19H21N3O4S2. The first kappa shape index (κ1) is 20.4. The first-order valence-corrected chi connectivity index (χ1v) is 11.4. The summed E-state index contributed by atoms with van der Waals surface area (Å²) in [5.74, 6) is 0.716. The zero-order chi connectivity index (χ0) is 20.1. The van der Waals surface area contributed by atoms with E-state index in [4.69, 9.17) is 5.14 Å². The summed E-state index contributed by atoms with van der Waals surface area (Å²) in [6.45, 7) is 0.391. The van der Waals surface area contributed by atoms with Gasteiger partial charge in [0.1, 0.15) is 6.04 Å². The van der Waals surface area contributed by atoms with Gasteiger partial charge in [0, 0.05) is 17.9 Å². The lowest BCUT2D eigenvalue weighted by Crippen LogP contribution is -2.47. The van der Waals surface area contributed by atoms with Gasteiger partial charge in [-0.25, -0.2) is 13.6 Å². The summed E-state index contributed by atoms with van der Waals surface area (Å²) >= 11 is 1.55. The minimum Gasteiger partial charge on any atom is -0.354 e. The third-order valence-corrected chi connectivity index (χ3v) is 6.37. The van der Waals surface area contributed by atoms with Crippen LogP contribution in [0.5, 0.6) is 0 Å². The summed E-state index contributed by atoms with van der Waals surface area (Å²) in [5.41, 5.74) is 1.45. The maximum Gasteiger partial charge on any atom is 0.255 e. The standard InChI is InChI=1S/C19H21N3O4S2/c20-28(25,26)16-8-6-14(7-9-16)10-11-21-18(23)17-12-27-13-22(17)19(24)15-4-2-1-3-5-15/h1-9,17H,10-13H2,(H,21,23)(H2,20,25,26)/t17-/m0/s1. The summed E-state index contributed by atoms with van der Waals surface area (Å²) in [5, 5.41) is 7.94. The SMILES string of the molecule is NS(=O)(=O)c1ccc(CCNC(=O)[C@@H]2CSCN2C(=O)c2ccccc2)cc1. The van der Waals surface area contributed by atoms with E-state index in [1.165, 1.54) is 12.1 Å². The predicted molar refractivity (Wildman–Crippen MR) is 108 cm³/mol. The van der Waals surface area contributed by atoms with Gasteiger partial charge in [-0.05, 0) is 36.2 Å². The van der Waals surface area contributed by atoms with Gasteiger partial charge >= 0.3 is 0 Å². The zero-order valence-corrected chi connectivity index (χ0v) is 16.7. The normalized spacial score (nSPS) is 16.8. The van der Waals surface area contributed by atoms with Crippen LogP contribution in [0.2, 0.25) is 0 Å². The van der Waals surface area contributed by atoms with E-state index in [0.29, 0.717) is 30.2 Å². The number of rotatable bonds is 6. The Morgan fingerprint density at radius 1 is 1.11 bits per heavy atom. The van der Waals surface area contributed by atoms with Crippen LogP contribution < -0.4 is 10.5 Å². The average Bonchev–Trinajstić information content (AvgIpc) is 3.17. The van der Waals surface area contributed by atoms with E-state index in [9.17, 15) is 18.0 Å². The van der Waals surface area contributed by atoms with Crippen LogP contribution >= 0.6 is 11.8 Å². The summed E-state index contributed by atoms with van der Waals surface area (Å²) in [6.07, 6.45) is 0.545. The van der Waals surface area contributed by atoms with E-state index in [2.05, 4.69) is 5.32 Å². The second-order valence-corrected chi connectivity index (χ2v) is 8.95. The monoisotopic (exact) mass is 419 g/mol. The number of nitrogens with one attached hydrogen (secondary N) is 1. The van der Waals surface area contributed by atoms with Gasteiger partial charge in [0.15, 0.2) is 0 Å². The topological polar surface area (TPSA) is 110 Å². The lowest BCUT2D eigenvalue weighted by Gasteiger charge is -2.23. The third kappa shape index (κ3) is 4.92. The minimum absolute atomic E-state index is 0.0540. The molecule has 1 heterocycles. The first-order valence-electron chi connectivity index (χ1n) is 8.69. The Kier molecular flexibility index (Phi) is 6.38. The summed E-state index contributed by atoms with van der Waals surface area (Å²) in [6, 6.07) is 14.7. The molecule has 0 aliphatic carbocycles. The third-order valence-electron chi connectivity index (χ3n) is 4.43. The van der Waals surface area contributed by atoms with E-state index in [1.54, 1.807) is 53.1 Å². The number of primary sulfonamides is 1. The fraction of sp³-hybridized carbons (Fsp3) is 0.263. The van der Waals surface area contributed by atoms with Crippen molar-refractivity contribution in [2.75, 3.05) is 18.2 Å². The van der Waals surface area contributed by atoms with Gasteiger partial charge in [-0.3, -0.25) is 9.59 Å². The van der Waals surface area contributed by atoms with Gasteiger partial charge in [-0.1, -0.05) is 30.3 Å². The van der Waals surface area contributed by atoms with Gasteiger partial charge in [0.25, 0.3) is 5.91 Å². The van der Waals surface area contributed by atoms with Gasteiger partial charge in [0.2, 0.25) is 15.9 Å². The molecule has 1 aliphatic heterocycles. The molecule has 3 N–H and O–H groups in total. The number of hydrogen-bond acceptors (Lipinski definition) is 5. The van der Waals surface area contributed by atoms with Crippen molar-refractivity contribution < 1.29 is 18.0 Å². The van der Waals surface area contributed by atoms with Crippen LogP contribution in [-0.4, -0.2) is 49.3 Å². The summed E-state index contributed by atoms with van der Waals surface area (Å²) in [4.78, 5) is 26.8. The molecule has 7 nitrogen and oxygen atoms in total. The maximum absolute atomic E-state index is 12.6. The van der Waals surface area contributed by atoms with Crippen LogP contribution in [0.15, 0.2) is 59.5 Å². The molecule has 1 aliphatic rings. The molecule has 1 atom stereocenters. The molecule has 28 heavy (non-hydrogen) atoms. The van der Waals surface area contributed by atoms with Crippen LogP contribution in [0.25, 0.3) is 0 Å². The molecule has 2 aromatic carbocycles. The minimum atomic E-state index is -3.71. The summed E-state index contributed by atoms with van der Waals surface area (Å²) < 4.78 is 22.5. The van der Waals surface area contributed by atoms with Crippen LogP contribution in [0.1, 0.15) is 15.9 Å². The van der Waals surface area contributed by atoms with Crippen molar-refractivity contribution in [3.8, 4) is 0 Å². The highest BCUT2D eigenvalue weighted by atomic mass is 32.2. The zero-order valence-electron chi connectivity index (χ0n) is 15.1. The van der Waals surface area contributed by atoms with Crippen LogP contribution in [0.4, 0.5) is 0 Å². The quantitative estimate of drug-likeness (QED) is 0.731. The largest absolute Gasteiger partial charge is 0.354 e. The molecule has 0 bridgehead atoms. The average molecular weight is 420 g/mol. The number of amides is 2. The smallest absolute Gasteiger partial charge is 0.255 e. The molecule has 1 fully saturated rings. The Balaban J connectivity index is 1.55. The molecule has 0 unspecified atom stereocenters. The van der Waals surface area contributed by atoms with Crippen LogP contribution in [0.3, 0.4) is 0 Å². The molecular weight excluding hydrogens is 398 g/mol. The Labute approximate surface area is 168 Å². The van der Waals surface area contributed by atoms with Crippen molar-refractivity contribution in [2.45, 2.75) is 17.4 Å². The van der Waals surface area contributed by atoms with E-state index in [0.717, 1.165) is 5.56 Å². The Hall–Kier alpha value is -2.36. The van der Waals surface area contributed by atoms with Gasteiger partial charge < -0.3 is 10.2 Å². The molecule has 2 aromatic rings. The second-order valence-electron chi connectivity index (χ2n) is 6.39. The van der Waals surface area contributed by atoms with Crippen molar-refractivity contribution in [3.63, 3.8) is 0 Å². The molecule has 3 rings (SSSR count). The predicted octanol–water partition coefficient (Wildman–Crippen LogP) is 1.21. The molecule has 0 saturated carbocycles. The van der Waals surface area contributed by atoms with Gasteiger partial charge in [-0.2, -0.15) is 0 Å². The van der Waals surface area contributed by atoms with Gasteiger partial charge in [-0.15, -0.1) is 11.8 Å². The molecule has 0 spiro atoms. The van der Waals surface area contributed by atoms with Crippen molar-refractivity contribution in [1.29, 1.82) is 0 Å². The van der Waals surface area contributed by atoms with Crippen molar-refractivity contribution in [3.05, 3.63) is 65.7 Å². The number of hydrogen-bond donors (Lipinski definition) is 2. The van der Waals surface area contributed by atoms with Crippen LogP contribution in [0, 0.1) is 0 Å². The number of benzene rings is 2. The molecule has 2 amide bonds. The fourth-order valence-corrected chi connectivity index (χ4v) is 4.57. The first-order chi connectivity index (χ1) is 13.4. The molecule has 1 saturated heterocycles. The highest BCUT2D eigenvalue weighted by molar-refractivity contribution is 7.99. The Bertz CT molecular complexity index is 947. The van der Waals surface area contributed by atoms with Crippen molar-refractivity contribution in [1.82, 2.24) is 10.2 Å². The number of carbonyl (C=O) groups excluding carboxylic acids is 2. The molecule has 0 radical (unpaired) electrons. The highest BCUT2D eigenvalue weighted by Crippen LogP contribution is 2.23. The Morgan fingerprint density at radius 3 is 2.43 bits per heavy atom.